The Balaban J connectivity index is 1.78. The van der Waals surface area contributed by atoms with E-state index in [1.165, 1.54) is 37.9 Å². The Labute approximate surface area is 104 Å². The Morgan fingerprint density at radius 3 is 2.47 bits per heavy atom. The zero-order chi connectivity index (χ0) is 12.1. The predicted molar refractivity (Wildman–Crippen MR) is 71.3 cm³/mol. The third-order valence-corrected chi connectivity index (χ3v) is 3.41. The fourth-order valence-electron chi connectivity index (χ4n) is 2.23. The Kier molecular flexibility index (Phi) is 4.43. The van der Waals surface area contributed by atoms with Gasteiger partial charge >= 0.3 is 0 Å². The van der Waals surface area contributed by atoms with Gasteiger partial charge in [-0.2, -0.15) is 0 Å². The van der Waals surface area contributed by atoms with Crippen LogP contribution in [0.1, 0.15) is 31.7 Å². The van der Waals surface area contributed by atoms with Gasteiger partial charge in [0, 0.05) is 13.1 Å². The lowest BCUT2D eigenvalue weighted by Gasteiger charge is -2.21. The van der Waals surface area contributed by atoms with Crippen molar-refractivity contribution in [1.29, 1.82) is 0 Å². The summed E-state index contributed by atoms with van der Waals surface area (Å²) >= 11 is 0. The van der Waals surface area contributed by atoms with Crippen LogP contribution in [-0.2, 0) is 6.42 Å². The van der Waals surface area contributed by atoms with Crippen LogP contribution < -0.4 is 0 Å². The molecule has 0 aliphatic heterocycles. The lowest BCUT2D eigenvalue weighted by Crippen LogP contribution is -2.29. The molecular weight excluding hydrogens is 210 g/mol. The molecule has 1 N–H and O–H groups in total. The topological polar surface area (TPSA) is 23.5 Å². The van der Waals surface area contributed by atoms with Gasteiger partial charge in [0.05, 0.1) is 0 Å². The van der Waals surface area contributed by atoms with Gasteiger partial charge in [-0.15, -0.1) is 0 Å². The second-order valence-electron chi connectivity index (χ2n) is 5.16. The summed E-state index contributed by atoms with van der Waals surface area (Å²) in [6.07, 6.45) is 5.19. The average Bonchev–Trinajstić information content (AvgIpc) is 3.12. The van der Waals surface area contributed by atoms with Crippen molar-refractivity contribution in [1.82, 2.24) is 4.90 Å². The van der Waals surface area contributed by atoms with E-state index in [-0.39, 0.29) is 0 Å². The zero-order valence-electron chi connectivity index (χ0n) is 10.7. The molecule has 1 aliphatic rings. The number of phenols is 1. The molecule has 0 atom stereocenters. The third-order valence-electron chi connectivity index (χ3n) is 3.41. The average molecular weight is 233 g/mol. The lowest BCUT2D eigenvalue weighted by atomic mass is 10.1. The number of hydrogen-bond donors (Lipinski definition) is 1. The van der Waals surface area contributed by atoms with Gasteiger partial charge in [-0.3, -0.25) is 0 Å². The summed E-state index contributed by atoms with van der Waals surface area (Å²) in [4.78, 5) is 2.59. The van der Waals surface area contributed by atoms with Crippen molar-refractivity contribution >= 4 is 0 Å². The van der Waals surface area contributed by atoms with Crippen LogP contribution in [0.3, 0.4) is 0 Å². The molecule has 0 saturated heterocycles. The lowest BCUT2D eigenvalue weighted by molar-refractivity contribution is 0.266. The summed E-state index contributed by atoms with van der Waals surface area (Å²) in [5, 5.41) is 9.24. The van der Waals surface area contributed by atoms with E-state index in [4.69, 9.17) is 0 Å². The summed E-state index contributed by atoms with van der Waals surface area (Å²) in [6, 6.07) is 7.61. The second kappa shape index (κ2) is 6.06. The maximum atomic E-state index is 9.24. The standard InChI is InChI=1S/C15H23NO/c1-2-10-16(12-14-3-4-14)11-9-13-5-7-15(17)8-6-13/h5-8,14,17H,2-4,9-12H2,1H3. The minimum atomic E-state index is 0.358. The van der Waals surface area contributed by atoms with Crippen LogP contribution in [-0.4, -0.2) is 29.6 Å². The third kappa shape index (κ3) is 4.39. The van der Waals surface area contributed by atoms with Crippen molar-refractivity contribution in [3.63, 3.8) is 0 Å². The van der Waals surface area contributed by atoms with E-state index in [9.17, 15) is 5.11 Å². The van der Waals surface area contributed by atoms with E-state index in [0.29, 0.717) is 5.75 Å². The molecule has 17 heavy (non-hydrogen) atoms. The Morgan fingerprint density at radius 2 is 1.88 bits per heavy atom. The number of phenolic OH excluding ortho intramolecular Hbond substituents is 1. The molecule has 1 aromatic carbocycles. The molecule has 2 heteroatoms. The van der Waals surface area contributed by atoms with Crippen LogP contribution in [0.4, 0.5) is 0 Å². The fourth-order valence-corrected chi connectivity index (χ4v) is 2.23. The van der Waals surface area contributed by atoms with Crippen molar-refractivity contribution in [2.75, 3.05) is 19.6 Å². The molecule has 0 heterocycles. The van der Waals surface area contributed by atoms with E-state index in [2.05, 4.69) is 11.8 Å². The molecule has 94 valence electrons. The highest BCUT2D eigenvalue weighted by Crippen LogP contribution is 2.29. The molecular formula is C15H23NO. The van der Waals surface area contributed by atoms with Gasteiger partial charge in [0.2, 0.25) is 0 Å². The minimum absolute atomic E-state index is 0.358. The van der Waals surface area contributed by atoms with E-state index in [1.54, 1.807) is 12.1 Å². The maximum Gasteiger partial charge on any atom is 0.115 e. The summed E-state index contributed by atoms with van der Waals surface area (Å²) in [7, 11) is 0. The molecule has 0 spiro atoms. The van der Waals surface area contributed by atoms with Crippen molar-refractivity contribution < 1.29 is 5.11 Å². The molecule has 1 saturated carbocycles. The number of hydrogen-bond acceptors (Lipinski definition) is 2. The molecule has 1 aromatic rings. The highest BCUT2D eigenvalue weighted by Gasteiger charge is 2.23. The van der Waals surface area contributed by atoms with Crippen molar-refractivity contribution in [3.8, 4) is 5.75 Å². The SMILES string of the molecule is CCCN(CCc1ccc(O)cc1)CC1CC1. The summed E-state index contributed by atoms with van der Waals surface area (Å²) < 4.78 is 0. The molecule has 2 rings (SSSR count). The first-order valence-corrected chi connectivity index (χ1v) is 6.78. The van der Waals surface area contributed by atoms with Crippen LogP contribution in [0, 0.1) is 5.92 Å². The molecule has 1 aliphatic carbocycles. The summed E-state index contributed by atoms with van der Waals surface area (Å²) in [5.74, 6) is 1.33. The van der Waals surface area contributed by atoms with Gasteiger partial charge in [-0.05, 0) is 55.8 Å². The van der Waals surface area contributed by atoms with E-state index in [1.807, 2.05) is 12.1 Å². The van der Waals surface area contributed by atoms with Crippen molar-refractivity contribution in [3.05, 3.63) is 29.8 Å². The molecule has 0 unspecified atom stereocenters. The van der Waals surface area contributed by atoms with Gasteiger partial charge in [0.1, 0.15) is 5.75 Å². The number of nitrogens with zero attached hydrogens (tertiary/aromatic N) is 1. The summed E-state index contributed by atoms with van der Waals surface area (Å²) in [6.45, 7) is 5.90. The van der Waals surface area contributed by atoms with Crippen molar-refractivity contribution in [2.24, 2.45) is 5.92 Å². The first-order valence-electron chi connectivity index (χ1n) is 6.78. The fraction of sp³-hybridized carbons (Fsp3) is 0.600. The smallest absolute Gasteiger partial charge is 0.115 e. The van der Waals surface area contributed by atoms with Crippen LogP contribution in [0.5, 0.6) is 5.75 Å². The normalized spacial score (nSPS) is 15.4. The van der Waals surface area contributed by atoms with E-state index in [0.717, 1.165) is 18.9 Å². The van der Waals surface area contributed by atoms with Crippen LogP contribution in [0.25, 0.3) is 0 Å². The van der Waals surface area contributed by atoms with Crippen LogP contribution in [0.2, 0.25) is 0 Å². The molecule has 0 radical (unpaired) electrons. The first kappa shape index (κ1) is 12.4. The molecule has 1 fully saturated rings. The zero-order valence-corrected chi connectivity index (χ0v) is 10.7. The molecule has 0 bridgehead atoms. The maximum absolute atomic E-state index is 9.24. The number of rotatable bonds is 7. The highest BCUT2D eigenvalue weighted by molar-refractivity contribution is 5.25. The molecule has 0 amide bonds. The number of benzene rings is 1. The van der Waals surface area contributed by atoms with Gasteiger partial charge in [0.15, 0.2) is 0 Å². The Hall–Kier alpha value is -1.02. The second-order valence-corrected chi connectivity index (χ2v) is 5.16. The van der Waals surface area contributed by atoms with Gasteiger partial charge in [-0.25, -0.2) is 0 Å². The van der Waals surface area contributed by atoms with E-state index >= 15 is 0 Å². The highest BCUT2D eigenvalue weighted by atomic mass is 16.3. The summed E-state index contributed by atoms with van der Waals surface area (Å²) in [5.41, 5.74) is 1.32. The van der Waals surface area contributed by atoms with Crippen molar-refractivity contribution in [2.45, 2.75) is 32.6 Å². The van der Waals surface area contributed by atoms with E-state index < -0.39 is 0 Å². The number of aromatic hydroxyl groups is 1. The first-order chi connectivity index (χ1) is 8.28. The minimum Gasteiger partial charge on any atom is -0.508 e. The quantitative estimate of drug-likeness (QED) is 0.782. The van der Waals surface area contributed by atoms with Gasteiger partial charge in [0.25, 0.3) is 0 Å². The molecule has 2 nitrogen and oxygen atoms in total. The Bertz CT molecular complexity index is 329. The van der Waals surface area contributed by atoms with Crippen LogP contribution >= 0.6 is 0 Å². The molecule has 0 aromatic heterocycles. The predicted octanol–water partition coefficient (Wildman–Crippen LogP) is 3.06. The van der Waals surface area contributed by atoms with Gasteiger partial charge < -0.3 is 10.0 Å². The Morgan fingerprint density at radius 1 is 1.18 bits per heavy atom. The van der Waals surface area contributed by atoms with Gasteiger partial charge in [-0.1, -0.05) is 19.1 Å². The largest absolute Gasteiger partial charge is 0.508 e. The van der Waals surface area contributed by atoms with Crippen LogP contribution in [0.15, 0.2) is 24.3 Å². The monoisotopic (exact) mass is 233 g/mol.